The largest absolute Gasteiger partial charge is 0.444 e. The summed E-state index contributed by atoms with van der Waals surface area (Å²) in [5, 5.41) is 0. The molecular weight excluding hydrogens is 254 g/mol. The third-order valence-electron chi connectivity index (χ3n) is 2.41. The summed E-state index contributed by atoms with van der Waals surface area (Å²) < 4.78 is 7.95. The average molecular weight is 275 g/mol. The maximum Gasteiger partial charge on any atom is 0.410 e. The summed E-state index contributed by atoms with van der Waals surface area (Å²) in [5.74, 6) is 0. The van der Waals surface area contributed by atoms with Crippen LogP contribution in [0, 0.1) is 0 Å². The van der Waals surface area contributed by atoms with Crippen LogP contribution >= 0.6 is 11.9 Å². The van der Waals surface area contributed by atoms with Gasteiger partial charge in [0.2, 0.25) is 0 Å². The number of urea groups is 1. The third kappa shape index (κ3) is 4.64. The normalized spacial score (nSPS) is 16.4. The molecule has 0 aliphatic carbocycles. The van der Waals surface area contributed by atoms with Gasteiger partial charge in [-0.25, -0.2) is 9.59 Å². The number of piperazine rings is 1. The Morgan fingerprint density at radius 3 is 2.06 bits per heavy atom. The van der Waals surface area contributed by atoms with Gasteiger partial charge < -0.3 is 14.5 Å². The van der Waals surface area contributed by atoms with E-state index in [1.54, 1.807) is 16.1 Å². The van der Waals surface area contributed by atoms with Gasteiger partial charge >= 0.3 is 12.1 Å². The summed E-state index contributed by atoms with van der Waals surface area (Å²) in [5.41, 5.74) is -0.482. The van der Waals surface area contributed by atoms with E-state index in [2.05, 4.69) is 4.72 Å². The van der Waals surface area contributed by atoms with E-state index in [9.17, 15) is 9.59 Å². The van der Waals surface area contributed by atoms with Crippen molar-refractivity contribution in [1.29, 1.82) is 0 Å². The van der Waals surface area contributed by atoms with E-state index in [4.69, 9.17) is 4.74 Å². The molecule has 0 atom stereocenters. The number of nitrogens with one attached hydrogen (secondary N) is 1. The zero-order valence-electron chi connectivity index (χ0n) is 11.4. The second kappa shape index (κ2) is 6.17. The Bertz CT molecular complexity index is 309. The fraction of sp³-hybridized carbons (Fsp3) is 0.818. The maximum absolute atomic E-state index is 11.8. The predicted octanol–water partition coefficient (Wildman–Crippen LogP) is 1.53. The molecule has 0 radical (unpaired) electrons. The monoisotopic (exact) mass is 275 g/mol. The Kier molecular flexibility index (Phi) is 5.13. The van der Waals surface area contributed by atoms with Gasteiger partial charge in [0, 0.05) is 32.4 Å². The number of carbonyl (C=O) groups is 2. The molecule has 1 rings (SSSR count). The second-order valence-corrected chi connectivity index (χ2v) is 5.68. The van der Waals surface area contributed by atoms with Crippen molar-refractivity contribution in [1.82, 2.24) is 14.5 Å². The highest BCUT2D eigenvalue weighted by Crippen LogP contribution is 2.12. The first-order chi connectivity index (χ1) is 8.33. The fourth-order valence-corrected chi connectivity index (χ4v) is 1.87. The molecule has 1 N–H and O–H groups in total. The van der Waals surface area contributed by atoms with Crippen molar-refractivity contribution in [2.75, 3.05) is 32.4 Å². The number of hydrogen-bond acceptors (Lipinski definition) is 4. The smallest absolute Gasteiger partial charge is 0.410 e. The van der Waals surface area contributed by atoms with Crippen molar-refractivity contribution in [3.8, 4) is 0 Å². The van der Waals surface area contributed by atoms with Gasteiger partial charge in [0.05, 0.1) is 0 Å². The van der Waals surface area contributed by atoms with Crippen LogP contribution in [0.25, 0.3) is 0 Å². The Balaban J connectivity index is 2.39. The molecule has 6 nitrogen and oxygen atoms in total. The summed E-state index contributed by atoms with van der Waals surface area (Å²) >= 11 is 1.27. The van der Waals surface area contributed by atoms with Gasteiger partial charge in [-0.3, -0.25) is 4.72 Å². The molecule has 0 saturated carbocycles. The van der Waals surface area contributed by atoms with Crippen molar-refractivity contribution >= 4 is 24.1 Å². The highest BCUT2D eigenvalue weighted by molar-refractivity contribution is 7.97. The van der Waals surface area contributed by atoms with E-state index in [-0.39, 0.29) is 12.1 Å². The number of nitrogens with zero attached hydrogens (tertiary/aromatic N) is 2. The van der Waals surface area contributed by atoms with E-state index in [1.807, 2.05) is 20.8 Å². The highest BCUT2D eigenvalue weighted by atomic mass is 32.2. The summed E-state index contributed by atoms with van der Waals surface area (Å²) in [6.45, 7) is 7.61. The molecule has 0 aromatic heterocycles. The molecule has 3 amide bonds. The SMILES string of the molecule is CSNC(=O)N1CCN(C(=O)OC(C)(C)C)CC1. The van der Waals surface area contributed by atoms with Crippen molar-refractivity contribution in [2.24, 2.45) is 0 Å². The molecule has 1 aliphatic heterocycles. The number of carbonyl (C=O) groups excluding carboxylic acids is 2. The number of rotatable bonds is 1. The Hall–Kier alpha value is -1.11. The Morgan fingerprint density at radius 1 is 1.11 bits per heavy atom. The lowest BCUT2D eigenvalue weighted by molar-refractivity contribution is 0.0171. The molecule has 0 spiro atoms. The van der Waals surface area contributed by atoms with Gasteiger partial charge in [0.25, 0.3) is 0 Å². The molecule has 18 heavy (non-hydrogen) atoms. The molecule has 1 aliphatic rings. The van der Waals surface area contributed by atoms with E-state index in [1.165, 1.54) is 11.9 Å². The van der Waals surface area contributed by atoms with E-state index in [0.29, 0.717) is 26.2 Å². The first-order valence-corrected chi connectivity index (χ1v) is 7.12. The van der Waals surface area contributed by atoms with Gasteiger partial charge in [-0.1, -0.05) is 11.9 Å². The van der Waals surface area contributed by atoms with Crippen LogP contribution in [0.2, 0.25) is 0 Å². The molecule has 0 aromatic rings. The lowest BCUT2D eigenvalue weighted by atomic mass is 10.2. The summed E-state index contributed by atoms with van der Waals surface area (Å²) in [7, 11) is 0. The van der Waals surface area contributed by atoms with Gasteiger partial charge in [-0.2, -0.15) is 0 Å². The molecule has 1 heterocycles. The molecule has 0 unspecified atom stereocenters. The van der Waals surface area contributed by atoms with Gasteiger partial charge in [-0.15, -0.1) is 0 Å². The first kappa shape index (κ1) is 14.9. The van der Waals surface area contributed by atoms with Crippen molar-refractivity contribution in [2.45, 2.75) is 26.4 Å². The zero-order valence-corrected chi connectivity index (χ0v) is 12.2. The standard InChI is InChI=1S/C11H21N3O3S/c1-11(2,3)17-10(16)14-7-5-13(6-8-14)9(15)12-18-4/h5-8H2,1-4H3,(H,12,15). The van der Waals surface area contributed by atoms with Crippen LogP contribution in [0.5, 0.6) is 0 Å². The van der Waals surface area contributed by atoms with Crippen LogP contribution < -0.4 is 4.72 Å². The minimum atomic E-state index is -0.482. The summed E-state index contributed by atoms with van der Waals surface area (Å²) in [6, 6.07) is -0.105. The third-order valence-corrected chi connectivity index (χ3v) is 2.79. The minimum Gasteiger partial charge on any atom is -0.444 e. The molecular formula is C11H21N3O3S. The molecule has 104 valence electrons. The van der Waals surface area contributed by atoms with Gasteiger partial charge in [-0.05, 0) is 20.8 Å². The molecule has 1 saturated heterocycles. The second-order valence-electron chi connectivity index (χ2n) is 5.07. The van der Waals surface area contributed by atoms with Gasteiger partial charge in [0.15, 0.2) is 0 Å². The van der Waals surface area contributed by atoms with Gasteiger partial charge in [0.1, 0.15) is 5.60 Å². The number of ether oxygens (including phenoxy) is 1. The van der Waals surface area contributed by atoms with Crippen LogP contribution in [0.3, 0.4) is 0 Å². The van der Waals surface area contributed by atoms with Crippen LogP contribution in [0.4, 0.5) is 9.59 Å². The molecule has 0 aromatic carbocycles. The number of hydrogen-bond donors (Lipinski definition) is 1. The van der Waals surface area contributed by atoms with Crippen LogP contribution in [0.1, 0.15) is 20.8 Å². The maximum atomic E-state index is 11.8. The van der Waals surface area contributed by atoms with Crippen LogP contribution in [-0.4, -0.2) is 60.0 Å². The summed E-state index contributed by atoms with van der Waals surface area (Å²) in [4.78, 5) is 26.7. The van der Waals surface area contributed by atoms with E-state index < -0.39 is 5.60 Å². The van der Waals surface area contributed by atoms with Crippen molar-refractivity contribution in [3.63, 3.8) is 0 Å². The van der Waals surface area contributed by atoms with Crippen LogP contribution in [-0.2, 0) is 4.74 Å². The lowest BCUT2D eigenvalue weighted by Gasteiger charge is -2.35. The quantitative estimate of drug-likeness (QED) is 0.737. The highest BCUT2D eigenvalue weighted by Gasteiger charge is 2.27. The average Bonchev–Trinajstić information content (AvgIpc) is 2.27. The topological polar surface area (TPSA) is 61.9 Å². The first-order valence-electron chi connectivity index (χ1n) is 5.89. The Morgan fingerprint density at radius 2 is 1.61 bits per heavy atom. The van der Waals surface area contributed by atoms with E-state index >= 15 is 0 Å². The van der Waals surface area contributed by atoms with Crippen molar-refractivity contribution in [3.05, 3.63) is 0 Å². The zero-order chi connectivity index (χ0) is 13.8. The number of amides is 3. The van der Waals surface area contributed by atoms with E-state index in [0.717, 1.165) is 0 Å². The molecule has 0 bridgehead atoms. The van der Waals surface area contributed by atoms with Crippen molar-refractivity contribution < 1.29 is 14.3 Å². The molecule has 7 heteroatoms. The predicted molar refractivity (Wildman–Crippen MR) is 71.4 cm³/mol. The fourth-order valence-electron chi connectivity index (χ4n) is 1.57. The summed E-state index contributed by atoms with van der Waals surface area (Å²) in [6.07, 6.45) is 1.49. The van der Waals surface area contributed by atoms with Crippen LogP contribution in [0.15, 0.2) is 0 Å². The Labute approximate surface area is 112 Å². The lowest BCUT2D eigenvalue weighted by Crippen LogP contribution is -2.53. The molecule has 1 fully saturated rings. The minimum absolute atomic E-state index is 0.105.